The van der Waals surface area contributed by atoms with Crippen LogP contribution in [0.4, 0.5) is 0 Å². The summed E-state index contributed by atoms with van der Waals surface area (Å²) in [7, 11) is 1.70. The van der Waals surface area contributed by atoms with E-state index < -0.39 is 0 Å². The minimum atomic E-state index is 0.0719. The van der Waals surface area contributed by atoms with E-state index in [2.05, 4.69) is 31.6 Å². The van der Waals surface area contributed by atoms with E-state index in [0.717, 1.165) is 30.9 Å². The molecule has 0 saturated carbocycles. The van der Waals surface area contributed by atoms with E-state index in [-0.39, 0.29) is 6.04 Å². The largest absolute Gasteiger partial charge is 0.383 e. The third-order valence-electron chi connectivity index (χ3n) is 2.49. The zero-order valence-electron chi connectivity index (χ0n) is 10.6. The fourth-order valence-electron chi connectivity index (χ4n) is 1.63. The molecule has 2 heterocycles. The summed E-state index contributed by atoms with van der Waals surface area (Å²) in [5, 5.41) is 6.58. The van der Waals surface area contributed by atoms with E-state index in [1.807, 2.05) is 13.0 Å². The minimum Gasteiger partial charge on any atom is -0.383 e. The number of ether oxygens (including phenoxy) is 1. The first-order valence-electron chi connectivity index (χ1n) is 5.71. The topological polar surface area (TPSA) is 34.1 Å². The number of methoxy groups -OCH3 is 1. The molecule has 0 spiro atoms. The summed E-state index contributed by atoms with van der Waals surface area (Å²) in [5.74, 6) is 0. The molecule has 0 radical (unpaired) electrons. The molecule has 104 valence electrons. The highest BCUT2D eigenvalue weighted by Gasteiger charge is 2.20. The molecule has 0 fully saturated rings. The van der Waals surface area contributed by atoms with Gasteiger partial charge in [0.2, 0.25) is 0 Å². The molecular weight excluding hydrogens is 368 g/mol. The van der Waals surface area contributed by atoms with Crippen molar-refractivity contribution in [2.75, 3.05) is 20.3 Å². The molecular formula is C12H14BrClN2OS2. The Hall–Kier alpha value is 0.0200. The van der Waals surface area contributed by atoms with Gasteiger partial charge in [0.1, 0.15) is 9.34 Å². The molecule has 2 rings (SSSR count). The lowest BCUT2D eigenvalue weighted by Crippen LogP contribution is -2.25. The number of nitrogens with zero attached hydrogens (tertiary/aromatic N) is 1. The van der Waals surface area contributed by atoms with Crippen molar-refractivity contribution in [1.29, 1.82) is 0 Å². The number of aryl methyl sites for hydroxylation is 1. The predicted octanol–water partition coefficient (Wildman–Crippen LogP) is 4.25. The van der Waals surface area contributed by atoms with Crippen molar-refractivity contribution < 1.29 is 4.74 Å². The zero-order valence-corrected chi connectivity index (χ0v) is 14.5. The Bertz CT molecular complexity index is 524. The Morgan fingerprint density at radius 1 is 1.58 bits per heavy atom. The molecule has 1 atom stereocenters. The first-order valence-corrected chi connectivity index (χ1v) is 8.57. The van der Waals surface area contributed by atoms with Crippen LogP contribution in [-0.2, 0) is 4.74 Å². The van der Waals surface area contributed by atoms with E-state index in [1.165, 1.54) is 0 Å². The van der Waals surface area contributed by atoms with Crippen LogP contribution in [0.15, 0.2) is 15.9 Å². The van der Waals surface area contributed by atoms with Gasteiger partial charge in [-0.05, 0) is 28.9 Å². The number of nitrogens with one attached hydrogen (secondary N) is 1. The summed E-state index contributed by atoms with van der Waals surface area (Å²) in [6, 6.07) is 2.12. The van der Waals surface area contributed by atoms with Crippen molar-refractivity contribution >= 4 is 50.2 Å². The van der Waals surface area contributed by atoms with Gasteiger partial charge in [-0.15, -0.1) is 22.7 Å². The SMILES string of the molecule is COCCNC(c1cc(Br)c(Cl)s1)c1nc(C)cs1. The Balaban J connectivity index is 2.23. The van der Waals surface area contributed by atoms with E-state index in [9.17, 15) is 0 Å². The lowest BCUT2D eigenvalue weighted by molar-refractivity contribution is 0.197. The molecule has 0 aliphatic carbocycles. The molecule has 0 amide bonds. The van der Waals surface area contributed by atoms with Crippen molar-refractivity contribution in [2.45, 2.75) is 13.0 Å². The number of rotatable bonds is 6. The van der Waals surface area contributed by atoms with Gasteiger partial charge in [0.25, 0.3) is 0 Å². The Morgan fingerprint density at radius 3 is 2.89 bits per heavy atom. The van der Waals surface area contributed by atoms with Crippen LogP contribution in [0.1, 0.15) is 21.6 Å². The van der Waals surface area contributed by atoms with Gasteiger partial charge >= 0.3 is 0 Å². The van der Waals surface area contributed by atoms with Gasteiger partial charge in [-0.1, -0.05) is 11.6 Å². The quantitative estimate of drug-likeness (QED) is 0.759. The summed E-state index contributed by atoms with van der Waals surface area (Å²) in [6.45, 7) is 3.44. The molecule has 2 aromatic heterocycles. The molecule has 7 heteroatoms. The van der Waals surface area contributed by atoms with Gasteiger partial charge in [0.15, 0.2) is 0 Å². The van der Waals surface area contributed by atoms with Gasteiger partial charge in [0.05, 0.1) is 12.6 Å². The maximum atomic E-state index is 6.13. The van der Waals surface area contributed by atoms with Gasteiger partial charge in [-0.2, -0.15) is 0 Å². The average Bonchev–Trinajstić information content (AvgIpc) is 2.93. The number of halogens is 2. The van der Waals surface area contributed by atoms with Crippen LogP contribution < -0.4 is 5.32 Å². The molecule has 0 aliphatic rings. The summed E-state index contributed by atoms with van der Waals surface area (Å²) >= 11 is 12.8. The highest BCUT2D eigenvalue weighted by molar-refractivity contribution is 9.10. The molecule has 1 unspecified atom stereocenters. The van der Waals surface area contributed by atoms with E-state index in [0.29, 0.717) is 6.61 Å². The number of aromatic nitrogens is 1. The van der Waals surface area contributed by atoms with Crippen LogP contribution in [0, 0.1) is 6.92 Å². The number of thiophene rings is 1. The number of hydrogen-bond donors (Lipinski definition) is 1. The van der Waals surface area contributed by atoms with Crippen LogP contribution in [-0.4, -0.2) is 25.2 Å². The van der Waals surface area contributed by atoms with Crippen molar-refractivity contribution in [3.63, 3.8) is 0 Å². The summed E-state index contributed by atoms with van der Waals surface area (Å²) < 4.78 is 6.78. The smallest absolute Gasteiger partial charge is 0.115 e. The van der Waals surface area contributed by atoms with Crippen LogP contribution in [0.25, 0.3) is 0 Å². The number of hydrogen-bond acceptors (Lipinski definition) is 5. The lowest BCUT2D eigenvalue weighted by atomic mass is 10.2. The molecule has 0 saturated heterocycles. The maximum absolute atomic E-state index is 6.13. The van der Waals surface area contributed by atoms with E-state index in [4.69, 9.17) is 16.3 Å². The molecule has 3 nitrogen and oxygen atoms in total. The molecule has 19 heavy (non-hydrogen) atoms. The lowest BCUT2D eigenvalue weighted by Gasteiger charge is -2.14. The Kier molecular flexibility index (Phi) is 5.80. The zero-order chi connectivity index (χ0) is 13.8. The van der Waals surface area contributed by atoms with Gasteiger partial charge < -0.3 is 10.1 Å². The standard InChI is InChI=1S/C12H14BrClN2OS2/c1-7-6-18-12(16-7)10(15-3-4-17-2)9-5-8(13)11(14)19-9/h5-6,10,15H,3-4H2,1-2H3. The third-order valence-corrected chi connectivity index (χ3v) is 6.05. The molecule has 0 aliphatic heterocycles. The fourth-order valence-corrected chi connectivity index (χ4v) is 4.40. The van der Waals surface area contributed by atoms with Gasteiger partial charge in [-0.25, -0.2) is 4.98 Å². The van der Waals surface area contributed by atoms with E-state index >= 15 is 0 Å². The van der Waals surface area contributed by atoms with Crippen molar-refractivity contribution in [2.24, 2.45) is 0 Å². The predicted molar refractivity (Wildman–Crippen MR) is 85.6 cm³/mol. The van der Waals surface area contributed by atoms with Crippen molar-refractivity contribution in [1.82, 2.24) is 10.3 Å². The second-order valence-corrected chi connectivity index (χ2v) is 7.41. The monoisotopic (exact) mass is 380 g/mol. The molecule has 0 aromatic carbocycles. The molecule has 2 aromatic rings. The number of thiazole rings is 1. The van der Waals surface area contributed by atoms with Crippen molar-refractivity contribution in [3.8, 4) is 0 Å². The molecule has 1 N–H and O–H groups in total. The average molecular weight is 382 g/mol. The van der Waals surface area contributed by atoms with E-state index in [1.54, 1.807) is 29.8 Å². The van der Waals surface area contributed by atoms with Crippen LogP contribution in [0.5, 0.6) is 0 Å². The van der Waals surface area contributed by atoms with Crippen LogP contribution >= 0.6 is 50.2 Å². The van der Waals surface area contributed by atoms with Crippen LogP contribution in [0.3, 0.4) is 0 Å². The second-order valence-electron chi connectivity index (χ2n) is 3.98. The Morgan fingerprint density at radius 2 is 2.37 bits per heavy atom. The van der Waals surface area contributed by atoms with Gasteiger partial charge in [0, 0.05) is 34.1 Å². The highest BCUT2D eigenvalue weighted by Crippen LogP contribution is 2.37. The highest BCUT2D eigenvalue weighted by atomic mass is 79.9. The van der Waals surface area contributed by atoms with Crippen LogP contribution in [0.2, 0.25) is 4.34 Å². The van der Waals surface area contributed by atoms with Crippen molar-refractivity contribution in [3.05, 3.63) is 35.8 Å². The first-order chi connectivity index (χ1) is 9.11. The summed E-state index contributed by atoms with van der Waals surface area (Å²) in [6.07, 6.45) is 0. The van der Waals surface area contributed by atoms with Gasteiger partial charge in [-0.3, -0.25) is 0 Å². The Labute approximate surface area is 134 Å². The first kappa shape index (κ1) is 15.4. The third kappa shape index (κ3) is 4.00. The fraction of sp³-hybridized carbons (Fsp3) is 0.417. The summed E-state index contributed by atoms with van der Waals surface area (Å²) in [5.41, 5.74) is 1.04. The summed E-state index contributed by atoms with van der Waals surface area (Å²) in [4.78, 5) is 5.72. The second kappa shape index (κ2) is 7.15. The minimum absolute atomic E-state index is 0.0719. The molecule has 0 bridgehead atoms. The maximum Gasteiger partial charge on any atom is 0.115 e. The normalized spacial score (nSPS) is 12.8.